The van der Waals surface area contributed by atoms with Crippen molar-refractivity contribution in [2.75, 3.05) is 23.6 Å². The first kappa shape index (κ1) is 21.5. The highest BCUT2D eigenvalue weighted by atomic mass is 35.5. The largest absolute Gasteiger partial charge is 0.454 e. The summed E-state index contributed by atoms with van der Waals surface area (Å²) in [5, 5.41) is 3.06. The molecule has 0 aromatic heterocycles. The summed E-state index contributed by atoms with van der Waals surface area (Å²) in [6.07, 6.45) is 0. The lowest BCUT2D eigenvalue weighted by Gasteiger charge is -2.13. The number of esters is 1. The minimum absolute atomic E-state index is 0.0359. The second-order valence-corrected chi connectivity index (χ2v) is 7.81. The molecule has 10 heteroatoms. The van der Waals surface area contributed by atoms with Crippen molar-refractivity contribution in [2.24, 2.45) is 0 Å². The molecule has 5 rings (SSSR count). The zero-order valence-corrected chi connectivity index (χ0v) is 18.1. The molecule has 2 aliphatic rings. The van der Waals surface area contributed by atoms with Crippen molar-refractivity contribution < 1.29 is 33.4 Å². The van der Waals surface area contributed by atoms with Crippen molar-refractivity contribution in [1.82, 2.24) is 0 Å². The summed E-state index contributed by atoms with van der Waals surface area (Å²) in [6, 6.07) is 15.2. The van der Waals surface area contributed by atoms with Crippen LogP contribution in [0.5, 0.6) is 11.5 Å². The SMILES string of the molecule is O=C(COC(=O)c1ccc2c(c1)C(=O)N(c1ccc(Cl)cc1)C2=O)Nc1ccc2c(c1)OCO2. The maximum absolute atomic E-state index is 12.9. The molecule has 0 spiro atoms. The molecule has 1 N–H and O–H groups in total. The Bertz CT molecular complexity index is 1350. The number of ether oxygens (including phenoxy) is 3. The van der Waals surface area contributed by atoms with Gasteiger partial charge in [-0.1, -0.05) is 11.6 Å². The van der Waals surface area contributed by atoms with Crippen LogP contribution in [0.4, 0.5) is 11.4 Å². The maximum atomic E-state index is 12.9. The number of carbonyl (C=O) groups is 4. The lowest BCUT2D eigenvalue weighted by atomic mass is 10.1. The van der Waals surface area contributed by atoms with Gasteiger partial charge in [-0.3, -0.25) is 14.4 Å². The number of fused-ring (bicyclic) bond motifs is 2. The van der Waals surface area contributed by atoms with E-state index in [-0.39, 0.29) is 23.5 Å². The van der Waals surface area contributed by atoms with Gasteiger partial charge in [0.25, 0.3) is 17.7 Å². The Labute approximate surface area is 197 Å². The molecule has 0 unspecified atom stereocenters. The predicted octanol–water partition coefficient (Wildman–Crippen LogP) is 3.66. The number of nitrogens with zero attached hydrogens (tertiary/aromatic N) is 1. The highest BCUT2D eigenvalue weighted by Gasteiger charge is 2.37. The summed E-state index contributed by atoms with van der Waals surface area (Å²) >= 11 is 5.88. The van der Waals surface area contributed by atoms with Crippen LogP contribution in [0.1, 0.15) is 31.1 Å². The highest BCUT2D eigenvalue weighted by Crippen LogP contribution is 2.34. The number of anilines is 2. The molecule has 0 atom stereocenters. The zero-order valence-electron chi connectivity index (χ0n) is 17.4. The van der Waals surface area contributed by atoms with Gasteiger partial charge < -0.3 is 19.5 Å². The maximum Gasteiger partial charge on any atom is 0.338 e. The molecular formula is C24H15ClN2O7. The van der Waals surface area contributed by atoms with E-state index in [0.29, 0.717) is 27.9 Å². The molecule has 3 aromatic rings. The van der Waals surface area contributed by atoms with Crippen LogP contribution in [0, 0.1) is 0 Å². The predicted molar refractivity (Wildman–Crippen MR) is 121 cm³/mol. The van der Waals surface area contributed by atoms with Crippen LogP contribution < -0.4 is 19.7 Å². The van der Waals surface area contributed by atoms with Gasteiger partial charge in [0.2, 0.25) is 6.79 Å². The van der Waals surface area contributed by atoms with Gasteiger partial charge in [-0.15, -0.1) is 0 Å². The van der Waals surface area contributed by atoms with Crippen LogP contribution >= 0.6 is 11.6 Å². The number of carbonyl (C=O) groups excluding carboxylic acids is 4. The molecular weight excluding hydrogens is 464 g/mol. The second-order valence-electron chi connectivity index (χ2n) is 7.37. The monoisotopic (exact) mass is 478 g/mol. The van der Waals surface area contributed by atoms with Crippen LogP contribution in [0.25, 0.3) is 0 Å². The molecule has 0 saturated carbocycles. The standard InChI is InChI=1S/C24H15ClN2O7/c25-14-2-5-16(6-3-14)27-22(29)17-7-1-13(9-18(17)23(27)30)24(31)32-11-21(28)26-15-4-8-19-20(10-15)34-12-33-19/h1-10H,11-12H2,(H,26,28). The molecule has 2 heterocycles. The average Bonchev–Trinajstić information content (AvgIpc) is 3.40. The average molecular weight is 479 g/mol. The molecule has 0 fully saturated rings. The smallest absolute Gasteiger partial charge is 0.338 e. The number of halogens is 1. The summed E-state index contributed by atoms with van der Waals surface area (Å²) < 4.78 is 15.5. The second kappa shape index (κ2) is 8.53. The van der Waals surface area contributed by atoms with Gasteiger partial charge in [0.05, 0.1) is 22.4 Å². The van der Waals surface area contributed by atoms with Crippen LogP contribution in [0.15, 0.2) is 60.7 Å². The molecule has 0 aliphatic carbocycles. The first-order valence-electron chi connectivity index (χ1n) is 10.1. The molecule has 3 aromatic carbocycles. The van der Waals surface area contributed by atoms with E-state index in [9.17, 15) is 19.2 Å². The number of hydrogen-bond acceptors (Lipinski definition) is 7. The fourth-order valence-electron chi connectivity index (χ4n) is 3.58. The van der Waals surface area contributed by atoms with Crippen molar-refractivity contribution in [3.05, 3.63) is 82.4 Å². The number of rotatable bonds is 5. The first-order chi connectivity index (χ1) is 16.4. The molecule has 9 nitrogen and oxygen atoms in total. The van der Waals surface area contributed by atoms with Crippen molar-refractivity contribution in [1.29, 1.82) is 0 Å². The van der Waals surface area contributed by atoms with E-state index in [1.165, 1.54) is 18.2 Å². The van der Waals surface area contributed by atoms with E-state index in [1.807, 2.05) is 0 Å². The Morgan fingerprint density at radius 2 is 1.65 bits per heavy atom. The zero-order chi connectivity index (χ0) is 23.8. The Kier molecular flexibility index (Phi) is 5.39. The van der Waals surface area contributed by atoms with Gasteiger partial charge >= 0.3 is 5.97 Å². The fraction of sp³-hybridized carbons (Fsp3) is 0.0833. The molecule has 0 saturated heterocycles. The molecule has 170 valence electrons. The minimum Gasteiger partial charge on any atom is -0.454 e. The number of amides is 3. The Hall–Kier alpha value is -4.37. The van der Waals surface area contributed by atoms with Crippen LogP contribution in [0.2, 0.25) is 5.02 Å². The van der Waals surface area contributed by atoms with Gasteiger partial charge in [-0.25, -0.2) is 9.69 Å². The first-order valence-corrected chi connectivity index (χ1v) is 10.4. The summed E-state index contributed by atoms with van der Waals surface area (Å²) in [5.74, 6) is -1.38. The molecule has 0 bridgehead atoms. The van der Waals surface area contributed by atoms with Crippen LogP contribution in [-0.4, -0.2) is 37.1 Å². The Balaban J connectivity index is 1.24. The van der Waals surface area contributed by atoms with Crippen molar-refractivity contribution >= 4 is 46.7 Å². The summed E-state index contributed by atoms with van der Waals surface area (Å²) in [4.78, 5) is 51.2. The van der Waals surface area contributed by atoms with Crippen LogP contribution in [0.3, 0.4) is 0 Å². The number of nitrogens with one attached hydrogen (secondary N) is 1. The Morgan fingerprint density at radius 1 is 0.912 bits per heavy atom. The van der Waals surface area contributed by atoms with E-state index in [1.54, 1.807) is 42.5 Å². The third-order valence-corrected chi connectivity index (χ3v) is 5.45. The van der Waals surface area contributed by atoms with E-state index in [0.717, 1.165) is 4.90 Å². The quantitative estimate of drug-likeness (QED) is 0.440. The van der Waals surface area contributed by atoms with Gasteiger partial charge in [-0.2, -0.15) is 0 Å². The summed E-state index contributed by atoms with van der Waals surface area (Å²) in [5.41, 5.74) is 1.08. The third kappa shape index (κ3) is 3.93. The van der Waals surface area contributed by atoms with Gasteiger partial charge in [-0.05, 0) is 54.6 Å². The van der Waals surface area contributed by atoms with Crippen molar-refractivity contribution in [2.45, 2.75) is 0 Å². The molecule has 2 aliphatic heterocycles. The highest BCUT2D eigenvalue weighted by molar-refractivity contribution is 6.35. The Morgan fingerprint density at radius 3 is 2.44 bits per heavy atom. The van der Waals surface area contributed by atoms with E-state index < -0.39 is 30.3 Å². The molecule has 0 radical (unpaired) electrons. The van der Waals surface area contributed by atoms with Crippen molar-refractivity contribution in [3.8, 4) is 11.5 Å². The third-order valence-electron chi connectivity index (χ3n) is 5.20. The summed E-state index contributed by atoms with van der Waals surface area (Å²) in [7, 11) is 0. The van der Waals surface area contributed by atoms with Gasteiger partial charge in [0.1, 0.15) is 0 Å². The van der Waals surface area contributed by atoms with Gasteiger partial charge in [0, 0.05) is 16.8 Å². The number of benzene rings is 3. The summed E-state index contributed by atoms with van der Waals surface area (Å²) in [6.45, 7) is -0.440. The van der Waals surface area contributed by atoms with E-state index >= 15 is 0 Å². The number of imide groups is 1. The van der Waals surface area contributed by atoms with Crippen LogP contribution in [-0.2, 0) is 9.53 Å². The van der Waals surface area contributed by atoms with Gasteiger partial charge in [0.15, 0.2) is 18.1 Å². The van der Waals surface area contributed by atoms with Crippen molar-refractivity contribution in [3.63, 3.8) is 0 Å². The van der Waals surface area contributed by atoms with E-state index in [4.69, 9.17) is 25.8 Å². The lowest BCUT2D eigenvalue weighted by Crippen LogP contribution is -2.29. The topological polar surface area (TPSA) is 111 Å². The normalized spacial score (nSPS) is 13.6. The minimum atomic E-state index is -0.811. The number of hydrogen-bond donors (Lipinski definition) is 1. The fourth-order valence-corrected chi connectivity index (χ4v) is 3.70. The molecule has 3 amide bonds. The van der Waals surface area contributed by atoms with E-state index in [2.05, 4.69) is 5.32 Å². The molecule has 34 heavy (non-hydrogen) atoms. The lowest BCUT2D eigenvalue weighted by molar-refractivity contribution is -0.119.